The molecule has 18 heavy (non-hydrogen) atoms. The molecule has 0 bridgehead atoms. The van der Waals surface area contributed by atoms with Crippen LogP contribution in [0, 0.1) is 5.82 Å². The van der Waals surface area contributed by atoms with Crippen molar-refractivity contribution in [2.45, 2.75) is 37.6 Å². The van der Waals surface area contributed by atoms with Crippen molar-refractivity contribution in [1.29, 1.82) is 0 Å². The van der Waals surface area contributed by atoms with Gasteiger partial charge >= 0.3 is 0 Å². The van der Waals surface area contributed by atoms with Crippen molar-refractivity contribution in [1.82, 2.24) is 10.3 Å². The molecule has 0 aromatic carbocycles. The van der Waals surface area contributed by atoms with Crippen LogP contribution in [0.4, 0.5) is 4.39 Å². The first kappa shape index (κ1) is 13.0. The van der Waals surface area contributed by atoms with E-state index < -0.39 is 5.82 Å². The number of halogens is 1. The van der Waals surface area contributed by atoms with Crippen molar-refractivity contribution in [2.24, 2.45) is 5.73 Å². The normalized spacial score (nSPS) is 18.3. The predicted octanol–water partition coefficient (Wildman–Crippen LogP) is 1.61. The summed E-state index contributed by atoms with van der Waals surface area (Å²) in [4.78, 5) is 15.5. The van der Waals surface area contributed by atoms with Gasteiger partial charge in [0.1, 0.15) is 11.5 Å². The number of hydrogen-bond donors (Lipinski definition) is 2. The van der Waals surface area contributed by atoms with Gasteiger partial charge in [-0.25, -0.2) is 9.37 Å². The van der Waals surface area contributed by atoms with Crippen molar-refractivity contribution >= 4 is 5.91 Å². The van der Waals surface area contributed by atoms with Gasteiger partial charge in [-0.05, 0) is 25.0 Å². The third-order valence-electron chi connectivity index (χ3n) is 3.41. The van der Waals surface area contributed by atoms with Crippen molar-refractivity contribution in [3.63, 3.8) is 0 Å². The van der Waals surface area contributed by atoms with Crippen LogP contribution in [0.5, 0.6) is 0 Å². The minimum atomic E-state index is -0.450. The summed E-state index contributed by atoms with van der Waals surface area (Å²) >= 11 is 0. The molecule has 5 heteroatoms. The summed E-state index contributed by atoms with van der Waals surface area (Å²) in [6.07, 6.45) is 6.34. The van der Waals surface area contributed by atoms with Crippen LogP contribution in [0.15, 0.2) is 18.3 Å². The second kappa shape index (κ2) is 5.44. The summed E-state index contributed by atoms with van der Waals surface area (Å²) in [5, 5.41) is 2.78. The summed E-state index contributed by atoms with van der Waals surface area (Å²) in [7, 11) is 0. The summed E-state index contributed by atoms with van der Waals surface area (Å²) in [5.41, 5.74) is 6.14. The zero-order chi connectivity index (χ0) is 13.0. The fourth-order valence-electron chi connectivity index (χ4n) is 2.29. The van der Waals surface area contributed by atoms with E-state index >= 15 is 0 Å². The van der Waals surface area contributed by atoms with Crippen LogP contribution < -0.4 is 11.1 Å². The Balaban J connectivity index is 1.89. The molecule has 4 nitrogen and oxygen atoms in total. The molecule has 1 fully saturated rings. The van der Waals surface area contributed by atoms with E-state index in [1.165, 1.54) is 18.6 Å². The van der Waals surface area contributed by atoms with Crippen molar-refractivity contribution < 1.29 is 9.18 Å². The molecule has 0 atom stereocenters. The summed E-state index contributed by atoms with van der Waals surface area (Å²) < 4.78 is 12.7. The van der Waals surface area contributed by atoms with Gasteiger partial charge in [-0.15, -0.1) is 0 Å². The van der Waals surface area contributed by atoms with Crippen molar-refractivity contribution in [2.75, 3.05) is 6.54 Å². The summed E-state index contributed by atoms with van der Waals surface area (Å²) in [6, 6.07) is 2.59. The van der Waals surface area contributed by atoms with E-state index in [-0.39, 0.29) is 17.1 Å². The largest absolute Gasteiger partial charge is 0.349 e. The maximum atomic E-state index is 12.7. The highest BCUT2D eigenvalue weighted by atomic mass is 19.1. The Morgan fingerprint density at radius 1 is 1.39 bits per heavy atom. The molecule has 1 aromatic rings. The van der Waals surface area contributed by atoms with Crippen LogP contribution in [0.3, 0.4) is 0 Å². The molecule has 1 aliphatic carbocycles. The second-order valence-electron chi connectivity index (χ2n) is 4.97. The number of amides is 1. The molecular weight excluding hydrogens is 233 g/mol. The number of pyridine rings is 1. The van der Waals surface area contributed by atoms with Gasteiger partial charge in [0.15, 0.2) is 0 Å². The third kappa shape index (κ3) is 3.26. The Kier molecular flexibility index (Phi) is 3.91. The van der Waals surface area contributed by atoms with E-state index in [1.54, 1.807) is 0 Å². The lowest BCUT2D eigenvalue weighted by atomic mass is 9.82. The maximum Gasteiger partial charge on any atom is 0.269 e. The first-order valence-electron chi connectivity index (χ1n) is 6.28. The number of rotatable bonds is 3. The van der Waals surface area contributed by atoms with Crippen molar-refractivity contribution in [3.8, 4) is 0 Å². The average Bonchev–Trinajstić information content (AvgIpc) is 2.38. The van der Waals surface area contributed by atoms with E-state index in [9.17, 15) is 9.18 Å². The van der Waals surface area contributed by atoms with Crippen LogP contribution >= 0.6 is 0 Å². The molecule has 3 N–H and O–H groups in total. The fraction of sp³-hybridized carbons (Fsp3) is 0.538. The molecule has 1 saturated carbocycles. The zero-order valence-electron chi connectivity index (χ0n) is 10.3. The monoisotopic (exact) mass is 251 g/mol. The fourth-order valence-corrected chi connectivity index (χ4v) is 2.29. The van der Waals surface area contributed by atoms with Gasteiger partial charge in [0, 0.05) is 12.1 Å². The van der Waals surface area contributed by atoms with Gasteiger partial charge < -0.3 is 11.1 Å². The smallest absolute Gasteiger partial charge is 0.269 e. The highest BCUT2D eigenvalue weighted by molar-refractivity contribution is 5.92. The van der Waals surface area contributed by atoms with E-state index in [2.05, 4.69) is 10.3 Å². The van der Waals surface area contributed by atoms with Crippen LogP contribution in [0.1, 0.15) is 42.6 Å². The molecule has 0 unspecified atom stereocenters. The second-order valence-corrected chi connectivity index (χ2v) is 4.97. The standard InChI is InChI=1S/C13H18FN3O/c14-10-4-5-11(16-8-10)12(18)17-9-13(15)6-2-1-3-7-13/h4-5,8H,1-3,6-7,9,15H2,(H,17,18). The highest BCUT2D eigenvalue weighted by Gasteiger charge is 2.27. The number of carbonyl (C=O) groups is 1. The average molecular weight is 251 g/mol. The Hall–Kier alpha value is -1.49. The number of hydrogen-bond acceptors (Lipinski definition) is 3. The molecule has 2 rings (SSSR count). The highest BCUT2D eigenvalue weighted by Crippen LogP contribution is 2.25. The molecular formula is C13H18FN3O. The van der Waals surface area contributed by atoms with E-state index in [1.807, 2.05) is 0 Å². The van der Waals surface area contributed by atoms with Gasteiger partial charge in [0.25, 0.3) is 5.91 Å². The predicted molar refractivity (Wildman–Crippen MR) is 66.5 cm³/mol. The lowest BCUT2D eigenvalue weighted by Crippen LogP contribution is -2.51. The zero-order valence-corrected chi connectivity index (χ0v) is 10.3. The lowest BCUT2D eigenvalue weighted by Gasteiger charge is -2.33. The van der Waals surface area contributed by atoms with E-state index in [4.69, 9.17) is 5.73 Å². The Bertz CT molecular complexity index is 413. The first-order chi connectivity index (χ1) is 8.59. The van der Waals surface area contributed by atoms with Gasteiger partial charge in [-0.3, -0.25) is 4.79 Å². The quantitative estimate of drug-likeness (QED) is 0.857. The van der Waals surface area contributed by atoms with Crippen LogP contribution in [0.25, 0.3) is 0 Å². The van der Waals surface area contributed by atoms with E-state index in [0.29, 0.717) is 6.54 Å². The molecule has 0 aliphatic heterocycles. The Labute approximate surface area is 106 Å². The molecule has 1 aromatic heterocycles. The number of nitrogens with zero attached hydrogens (tertiary/aromatic N) is 1. The summed E-state index contributed by atoms with van der Waals surface area (Å²) in [5.74, 6) is -0.750. The Morgan fingerprint density at radius 2 is 2.11 bits per heavy atom. The van der Waals surface area contributed by atoms with Crippen LogP contribution in [-0.4, -0.2) is 23.0 Å². The Morgan fingerprint density at radius 3 is 2.72 bits per heavy atom. The van der Waals surface area contributed by atoms with Gasteiger partial charge in [-0.1, -0.05) is 19.3 Å². The van der Waals surface area contributed by atoms with Gasteiger partial charge in [0.2, 0.25) is 0 Å². The molecule has 0 radical (unpaired) electrons. The molecule has 0 saturated heterocycles. The maximum absolute atomic E-state index is 12.7. The summed E-state index contributed by atoms with van der Waals surface area (Å²) in [6.45, 7) is 0.449. The first-order valence-corrected chi connectivity index (χ1v) is 6.28. The van der Waals surface area contributed by atoms with E-state index in [0.717, 1.165) is 31.9 Å². The number of carbonyl (C=O) groups excluding carboxylic acids is 1. The van der Waals surface area contributed by atoms with Crippen LogP contribution in [-0.2, 0) is 0 Å². The number of nitrogens with two attached hydrogens (primary N) is 1. The minimum Gasteiger partial charge on any atom is -0.349 e. The minimum absolute atomic E-state index is 0.218. The number of aromatic nitrogens is 1. The van der Waals surface area contributed by atoms with Crippen LogP contribution in [0.2, 0.25) is 0 Å². The molecule has 1 aliphatic rings. The van der Waals surface area contributed by atoms with Crippen molar-refractivity contribution in [3.05, 3.63) is 29.8 Å². The topological polar surface area (TPSA) is 68.0 Å². The van der Waals surface area contributed by atoms with Gasteiger partial charge in [-0.2, -0.15) is 0 Å². The molecule has 0 spiro atoms. The molecule has 1 amide bonds. The molecule has 98 valence electrons. The number of nitrogens with one attached hydrogen (secondary N) is 1. The third-order valence-corrected chi connectivity index (χ3v) is 3.41. The lowest BCUT2D eigenvalue weighted by molar-refractivity contribution is 0.0932. The SMILES string of the molecule is NC1(CNC(=O)c2ccc(F)cn2)CCCCC1. The molecule has 1 heterocycles. The van der Waals surface area contributed by atoms with Gasteiger partial charge in [0.05, 0.1) is 6.20 Å².